The van der Waals surface area contributed by atoms with E-state index in [1.165, 1.54) is 212 Å². The van der Waals surface area contributed by atoms with E-state index in [9.17, 15) is 19.0 Å². The number of hydrogen-bond donors (Lipinski definition) is 2. The molecule has 0 radical (unpaired) electrons. The van der Waals surface area contributed by atoms with Crippen molar-refractivity contribution in [2.24, 2.45) is 5.73 Å². The first-order chi connectivity index (χ1) is 43.8. The minimum absolute atomic E-state index is 0.0461. The van der Waals surface area contributed by atoms with Crippen molar-refractivity contribution in [2.75, 3.05) is 26.4 Å². The van der Waals surface area contributed by atoms with Crippen LogP contribution < -0.4 is 5.73 Å². The Bertz CT molecular complexity index is 1830. The van der Waals surface area contributed by atoms with Gasteiger partial charge in [-0.05, 0) is 103 Å². The van der Waals surface area contributed by atoms with E-state index in [1.807, 2.05) is 0 Å². The van der Waals surface area contributed by atoms with E-state index in [0.717, 1.165) is 103 Å². The number of hydrogen-bond acceptors (Lipinski definition) is 8. The zero-order valence-corrected chi connectivity index (χ0v) is 58.8. The molecule has 0 aliphatic heterocycles. The van der Waals surface area contributed by atoms with Gasteiger partial charge in [0, 0.05) is 19.4 Å². The Labute approximate surface area is 549 Å². The van der Waals surface area contributed by atoms with E-state index >= 15 is 0 Å². The van der Waals surface area contributed by atoms with Gasteiger partial charge in [-0.2, -0.15) is 0 Å². The van der Waals surface area contributed by atoms with Crippen LogP contribution in [0.2, 0.25) is 0 Å². The van der Waals surface area contributed by atoms with E-state index < -0.39 is 26.5 Å². The average molecular weight is 1260 g/mol. The van der Waals surface area contributed by atoms with Crippen LogP contribution in [0.5, 0.6) is 0 Å². The number of ether oxygens (including phenoxy) is 2. The quantitative estimate of drug-likeness (QED) is 0.0264. The molecule has 0 amide bonds. The number of allylic oxidation sites excluding steroid dienone is 18. The van der Waals surface area contributed by atoms with E-state index in [-0.39, 0.29) is 38.6 Å². The summed E-state index contributed by atoms with van der Waals surface area (Å²) in [5.41, 5.74) is 5.40. The molecule has 2 unspecified atom stereocenters. The maximum atomic E-state index is 12.8. The maximum Gasteiger partial charge on any atom is 0.472 e. The summed E-state index contributed by atoms with van der Waals surface area (Å²) in [6.07, 6.45) is 102. The standard InChI is InChI=1S/C79H140NO8P/c1-3-5-7-9-11-13-15-17-19-21-23-25-27-29-31-32-33-34-35-36-37-38-39-40-41-42-43-44-46-47-49-51-53-55-57-59-61-63-65-67-69-71-78(81)85-75-77(76-87-89(83,84)86-74-73-80)88-79(82)72-70-68-66-64-62-60-58-56-54-52-50-48-45-30-28-26-24-22-20-18-16-14-12-10-8-6-4-2/h6,8,12,14-15,17-18,20-21,23-24,26,30,45,50,52,56,58,77H,3-5,7,9-11,13,16,19,22,25,27-29,31-44,46-49,51,53-55,57,59-76,80H2,1-2H3,(H,83,84)/b8-6-,14-12-,17-15-,20-18-,23-21-,26-24-,45-30-,52-50-,58-56-. The Morgan fingerprint density at radius 1 is 0.348 bits per heavy atom. The van der Waals surface area contributed by atoms with Crippen molar-refractivity contribution >= 4 is 19.8 Å². The number of esters is 2. The monoisotopic (exact) mass is 1260 g/mol. The first-order valence-electron chi connectivity index (χ1n) is 37.4. The minimum atomic E-state index is -4.41. The highest BCUT2D eigenvalue weighted by molar-refractivity contribution is 7.47. The van der Waals surface area contributed by atoms with Crippen LogP contribution in [0, 0.1) is 0 Å². The summed E-state index contributed by atoms with van der Waals surface area (Å²) in [5, 5.41) is 0. The maximum absolute atomic E-state index is 12.8. The van der Waals surface area contributed by atoms with Crippen LogP contribution in [0.25, 0.3) is 0 Å². The highest BCUT2D eigenvalue weighted by Gasteiger charge is 2.26. The van der Waals surface area contributed by atoms with Gasteiger partial charge >= 0.3 is 19.8 Å². The molecule has 0 saturated carbocycles. The van der Waals surface area contributed by atoms with E-state index in [4.69, 9.17) is 24.3 Å². The fourth-order valence-corrected chi connectivity index (χ4v) is 11.4. The van der Waals surface area contributed by atoms with Gasteiger partial charge in [0.1, 0.15) is 6.61 Å². The molecule has 0 fully saturated rings. The van der Waals surface area contributed by atoms with Gasteiger partial charge in [-0.15, -0.1) is 0 Å². The molecule has 0 aromatic rings. The number of carbonyl (C=O) groups excluding carboxylic acids is 2. The molecule has 0 bridgehead atoms. The van der Waals surface area contributed by atoms with Crippen molar-refractivity contribution in [2.45, 2.75) is 354 Å². The lowest BCUT2D eigenvalue weighted by Gasteiger charge is -2.19. The van der Waals surface area contributed by atoms with Crippen molar-refractivity contribution < 1.29 is 37.6 Å². The lowest BCUT2D eigenvalue weighted by Crippen LogP contribution is -2.29. The molecule has 0 saturated heterocycles. The van der Waals surface area contributed by atoms with E-state index in [0.29, 0.717) is 6.42 Å². The summed E-state index contributed by atoms with van der Waals surface area (Å²) in [5.74, 6) is -0.843. The third-order valence-electron chi connectivity index (χ3n) is 16.1. The first kappa shape index (κ1) is 85.7. The zero-order chi connectivity index (χ0) is 64.4. The van der Waals surface area contributed by atoms with Gasteiger partial charge in [-0.25, -0.2) is 4.57 Å². The third kappa shape index (κ3) is 73.6. The summed E-state index contributed by atoms with van der Waals surface area (Å²) >= 11 is 0. The van der Waals surface area contributed by atoms with Gasteiger partial charge in [-0.1, -0.05) is 342 Å². The van der Waals surface area contributed by atoms with E-state index in [1.54, 1.807) is 0 Å². The second-order valence-corrected chi connectivity index (χ2v) is 26.2. The predicted molar refractivity (Wildman–Crippen MR) is 385 cm³/mol. The van der Waals surface area contributed by atoms with Crippen LogP contribution in [0.4, 0.5) is 0 Å². The Balaban J connectivity index is 3.82. The van der Waals surface area contributed by atoms with Crippen LogP contribution in [0.1, 0.15) is 348 Å². The highest BCUT2D eigenvalue weighted by Crippen LogP contribution is 2.43. The molecule has 0 aromatic carbocycles. The summed E-state index contributed by atoms with van der Waals surface area (Å²) < 4.78 is 33.2. The molecule has 0 spiro atoms. The highest BCUT2D eigenvalue weighted by atomic mass is 31.2. The van der Waals surface area contributed by atoms with Crippen molar-refractivity contribution in [1.29, 1.82) is 0 Å². The molecular weight excluding hydrogens is 1120 g/mol. The zero-order valence-electron chi connectivity index (χ0n) is 57.9. The fraction of sp³-hybridized carbons (Fsp3) is 0.747. The molecule has 10 heteroatoms. The lowest BCUT2D eigenvalue weighted by molar-refractivity contribution is -0.161. The largest absolute Gasteiger partial charge is 0.472 e. The molecule has 0 aromatic heterocycles. The van der Waals surface area contributed by atoms with Gasteiger partial charge < -0.3 is 20.1 Å². The molecule has 0 rings (SSSR count). The predicted octanol–water partition coefficient (Wildman–Crippen LogP) is 24.9. The second-order valence-electron chi connectivity index (χ2n) is 24.8. The molecule has 0 aliphatic carbocycles. The lowest BCUT2D eigenvalue weighted by atomic mass is 10.0. The molecule has 89 heavy (non-hydrogen) atoms. The van der Waals surface area contributed by atoms with Gasteiger partial charge in [0.2, 0.25) is 0 Å². The molecule has 0 heterocycles. The van der Waals surface area contributed by atoms with Gasteiger partial charge in [-0.3, -0.25) is 18.6 Å². The number of phosphoric acid groups is 1. The van der Waals surface area contributed by atoms with Crippen molar-refractivity contribution in [3.8, 4) is 0 Å². The van der Waals surface area contributed by atoms with Gasteiger partial charge in [0.25, 0.3) is 0 Å². The second kappa shape index (κ2) is 73.7. The summed E-state index contributed by atoms with van der Waals surface area (Å²) in [4.78, 5) is 35.4. The Morgan fingerprint density at radius 3 is 0.921 bits per heavy atom. The van der Waals surface area contributed by atoms with Crippen LogP contribution in [0.15, 0.2) is 109 Å². The van der Waals surface area contributed by atoms with Crippen molar-refractivity contribution in [3.05, 3.63) is 109 Å². The van der Waals surface area contributed by atoms with Gasteiger partial charge in [0.15, 0.2) is 6.10 Å². The Kier molecular flexibility index (Phi) is 71.0. The number of unbranched alkanes of at least 4 members (excludes halogenated alkanes) is 39. The average Bonchev–Trinajstić information content (AvgIpc) is 3.64. The van der Waals surface area contributed by atoms with Crippen molar-refractivity contribution in [3.63, 3.8) is 0 Å². The molecule has 2 atom stereocenters. The fourth-order valence-electron chi connectivity index (χ4n) is 10.7. The number of carbonyl (C=O) groups is 2. The summed E-state index contributed by atoms with van der Waals surface area (Å²) in [7, 11) is -4.41. The molecule has 514 valence electrons. The number of nitrogens with two attached hydrogens (primary N) is 1. The van der Waals surface area contributed by atoms with E-state index in [2.05, 4.69) is 123 Å². The molecule has 3 N–H and O–H groups in total. The Hall–Kier alpha value is -3.33. The number of rotatable bonds is 70. The normalized spacial score (nSPS) is 13.5. The van der Waals surface area contributed by atoms with Crippen LogP contribution in [0.3, 0.4) is 0 Å². The van der Waals surface area contributed by atoms with Crippen LogP contribution in [-0.2, 0) is 32.7 Å². The molecular formula is C79H140NO8P. The first-order valence-corrected chi connectivity index (χ1v) is 38.9. The molecule has 0 aliphatic rings. The molecule has 9 nitrogen and oxygen atoms in total. The minimum Gasteiger partial charge on any atom is -0.462 e. The van der Waals surface area contributed by atoms with Crippen LogP contribution >= 0.6 is 7.82 Å². The summed E-state index contributed by atoms with van der Waals surface area (Å²) in [6.45, 7) is 3.63. The third-order valence-corrected chi connectivity index (χ3v) is 17.1. The SMILES string of the molecule is CC/C=C\C/C=C\C/C=C\C/C=C\C/C=C\C/C=C\C/C=C\CCCCCCCC(=O)OC(COC(=O)CCCCCCCCCCCCCCCCCCCCCCCCCCCCCCC/C=C\C/C=C\CCCCCCC)COP(=O)(O)OCCN. The topological polar surface area (TPSA) is 134 Å². The Morgan fingerprint density at radius 2 is 0.618 bits per heavy atom. The number of phosphoric ester groups is 1. The smallest absolute Gasteiger partial charge is 0.462 e. The van der Waals surface area contributed by atoms with Crippen molar-refractivity contribution in [1.82, 2.24) is 0 Å². The van der Waals surface area contributed by atoms with Crippen LogP contribution in [-0.4, -0.2) is 49.3 Å². The summed E-state index contributed by atoms with van der Waals surface area (Å²) in [6, 6.07) is 0. The van der Waals surface area contributed by atoms with Gasteiger partial charge in [0.05, 0.1) is 13.2 Å².